The monoisotopic (exact) mass is 224 g/mol. The van der Waals surface area contributed by atoms with Crippen LogP contribution in [0.1, 0.15) is 0 Å². The maximum absolute atomic E-state index is 8.39. The van der Waals surface area contributed by atoms with Crippen molar-refractivity contribution in [2.75, 3.05) is 13.2 Å². The molecule has 2 aromatic heterocycles. The van der Waals surface area contributed by atoms with Crippen molar-refractivity contribution in [3.63, 3.8) is 0 Å². The van der Waals surface area contributed by atoms with E-state index < -0.39 is 0 Å². The van der Waals surface area contributed by atoms with Crippen LogP contribution in [0.2, 0.25) is 0 Å². The standard InChI is InChI=1S/2C5H8N2O/c2*8-4-3-7-2-1-6-5-7/h2*1-2,5,8H,3-4H2. The third kappa shape index (κ3) is 4.72. The summed E-state index contributed by atoms with van der Waals surface area (Å²) in [5.74, 6) is 0. The molecule has 0 radical (unpaired) electrons. The lowest BCUT2D eigenvalue weighted by Crippen LogP contribution is -1.97. The van der Waals surface area contributed by atoms with Crippen LogP contribution in [0, 0.1) is 0 Å². The Morgan fingerprint density at radius 2 is 1.25 bits per heavy atom. The van der Waals surface area contributed by atoms with Crippen LogP contribution in [0.5, 0.6) is 0 Å². The molecule has 0 aromatic carbocycles. The Labute approximate surface area is 93.8 Å². The average Bonchev–Trinajstić information content (AvgIpc) is 2.92. The van der Waals surface area contributed by atoms with E-state index in [4.69, 9.17) is 10.2 Å². The predicted octanol–water partition coefficient (Wildman–Crippen LogP) is -0.249. The molecule has 0 spiro atoms. The van der Waals surface area contributed by atoms with Gasteiger partial charge in [0.2, 0.25) is 0 Å². The first kappa shape index (κ1) is 12.4. The average molecular weight is 224 g/mol. The Bertz CT molecular complexity index is 309. The van der Waals surface area contributed by atoms with Gasteiger partial charge in [0.15, 0.2) is 0 Å². The topological polar surface area (TPSA) is 76.1 Å². The van der Waals surface area contributed by atoms with Crippen molar-refractivity contribution >= 4 is 0 Å². The van der Waals surface area contributed by atoms with Gasteiger partial charge in [0.1, 0.15) is 0 Å². The van der Waals surface area contributed by atoms with Gasteiger partial charge >= 0.3 is 0 Å². The van der Waals surface area contributed by atoms with E-state index in [1.165, 1.54) is 0 Å². The summed E-state index contributed by atoms with van der Waals surface area (Å²) in [5.41, 5.74) is 0. The maximum Gasteiger partial charge on any atom is 0.0946 e. The van der Waals surface area contributed by atoms with Crippen molar-refractivity contribution in [3.05, 3.63) is 37.4 Å². The molecule has 0 aliphatic heterocycles. The minimum absolute atomic E-state index is 0.177. The zero-order valence-electron chi connectivity index (χ0n) is 8.98. The molecule has 0 unspecified atom stereocenters. The largest absolute Gasteiger partial charge is 0.395 e. The van der Waals surface area contributed by atoms with Crippen LogP contribution in [-0.4, -0.2) is 42.5 Å². The normalized spacial score (nSPS) is 9.62. The fourth-order valence-electron chi connectivity index (χ4n) is 1.07. The first-order chi connectivity index (χ1) is 7.86. The molecule has 88 valence electrons. The first-order valence-corrected chi connectivity index (χ1v) is 5.00. The highest BCUT2D eigenvalue weighted by Crippen LogP contribution is 1.82. The number of nitrogens with zero attached hydrogens (tertiary/aromatic N) is 4. The van der Waals surface area contributed by atoms with Gasteiger partial charge in [0.25, 0.3) is 0 Å². The molecule has 0 saturated carbocycles. The lowest BCUT2D eigenvalue weighted by Gasteiger charge is -1.92. The van der Waals surface area contributed by atoms with Crippen LogP contribution in [-0.2, 0) is 13.1 Å². The molecule has 0 fully saturated rings. The second-order valence-electron chi connectivity index (χ2n) is 3.05. The molecule has 2 rings (SSSR count). The summed E-state index contributed by atoms with van der Waals surface area (Å²) >= 11 is 0. The van der Waals surface area contributed by atoms with E-state index in [9.17, 15) is 0 Å². The van der Waals surface area contributed by atoms with Crippen LogP contribution < -0.4 is 0 Å². The summed E-state index contributed by atoms with van der Waals surface area (Å²) in [6.45, 7) is 1.63. The highest BCUT2D eigenvalue weighted by Gasteiger charge is 1.83. The minimum atomic E-state index is 0.177. The van der Waals surface area contributed by atoms with Gasteiger partial charge in [-0.15, -0.1) is 0 Å². The Morgan fingerprint density at radius 3 is 1.50 bits per heavy atom. The lowest BCUT2D eigenvalue weighted by molar-refractivity contribution is 0.275. The van der Waals surface area contributed by atoms with Gasteiger partial charge < -0.3 is 19.3 Å². The zero-order valence-corrected chi connectivity index (χ0v) is 8.98. The highest BCUT2D eigenvalue weighted by atomic mass is 16.3. The number of hydrogen-bond donors (Lipinski definition) is 2. The Hall–Kier alpha value is -1.66. The van der Waals surface area contributed by atoms with Gasteiger partial charge in [0.05, 0.1) is 25.9 Å². The summed E-state index contributed by atoms with van der Waals surface area (Å²) in [5, 5.41) is 16.8. The number of aliphatic hydroxyl groups excluding tert-OH is 2. The predicted molar refractivity (Wildman–Crippen MR) is 58.6 cm³/mol. The van der Waals surface area contributed by atoms with Crippen LogP contribution in [0.4, 0.5) is 0 Å². The third-order valence-electron chi connectivity index (χ3n) is 1.83. The number of hydrogen-bond acceptors (Lipinski definition) is 4. The molecule has 2 aromatic rings. The zero-order chi connectivity index (χ0) is 11.6. The molecule has 16 heavy (non-hydrogen) atoms. The van der Waals surface area contributed by atoms with Gasteiger partial charge in [-0.2, -0.15) is 0 Å². The van der Waals surface area contributed by atoms with Crippen LogP contribution in [0.3, 0.4) is 0 Å². The molecule has 0 aliphatic rings. The van der Waals surface area contributed by atoms with Gasteiger partial charge in [-0.1, -0.05) is 0 Å². The molecule has 0 aliphatic carbocycles. The molecular formula is C10H16N4O2. The minimum Gasteiger partial charge on any atom is -0.395 e. The molecule has 0 saturated heterocycles. The SMILES string of the molecule is OCCn1ccnc1.OCCn1ccnc1. The van der Waals surface area contributed by atoms with E-state index in [0.717, 1.165) is 0 Å². The van der Waals surface area contributed by atoms with Gasteiger partial charge in [-0.05, 0) is 0 Å². The van der Waals surface area contributed by atoms with E-state index in [-0.39, 0.29) is 13.2 Å². The quantitative estimate of drug-likeness (QED) is 0.751. The van der Waals surface area contributed by atoms with E-state index in [1.54, 1.807) is 25.0 Å². The number of aromatic nitrogens is 4. The number of rotatable bonds is 4. The molecule has 2 N–H and O–H groups in total. The Kier molecular flexibility index (Phi) is 5.90. The van der Waals surface area contributed by atoms with Crippen molar-refractivity contribution in [2.24, 2.45) is 0 Å². The molecule has 0 amide bonds. The lowest BCUT2D eigenvalue weighted by atomic mass is 10.7. The van der Waals surface area contributed by atoms with Crippen molar-refractivity contribution in [1.29, 1.82) is 0 Å². The van der Waals surface area contributed by atoms with Gasteiger partial charge in [-0.3, -0.25) is 0 Å². The fraction of sp³-hybridized carbons (Fsp3) is 0.400. The Morgan fingerprint density at radius 1 is 0.812 bits per heavy atom. The van der Waals surface area contributed by atoms with Crippen LogP contribution in [0.25, 0.3) is 0 Å². The van der Waals surface area contributed by atoms with Crippen molar-refractivity contribution in [1.82, 2.24) is 19.1 Å². The van der Waals surface area contributed by atoms with Crippen molar-refractivity contribution < 1.29 is 10.2 Å². The van der Waals surface area contributed by atoms with E-state index in [2.05, 4.69) is 9.97 Å². The van der Waals surface area contributed by atoms with Gasteiger partial charge in [0, 0.05) is 37.9 Å². The summed E-state index contributed by atoms with van der Waals surface area (Å²) in [6, 6.07) is 0. The molecule has 6 heteroatoms. The fourth-order valence-corrected chi connectivity index (χ4v) is 1.07. The smallest absolute Gasteiger partial charge is 0.0946 e. The summed E-state index contributed by atoms with van der Waals surface area (Å²) in [7, 11) is 0. The van der Waals surface area contributed by atoms with E-state index >= 15 is 0 Å². The van der Waals surface area contributed by atoms with Crippen LogP contribution >= 0.6 is 0 Å². The number of imidazole rings is 2. The Balaban J connectivity index is 0.000000160. The molecule has 0 bridgehead atoms. The molecular weight excluding hydrogens is 208 g/mol. The molecule has 6 nitrogen and oxygen atoms in total. The third-order valence-corrected chi connectivity index (χ3v) is 1.83. The second kappa shape index (κ2) is 7.61. The second-order valence-corrected chi connectivity index (χ2v) is 3.05. The van der Waals surface area contributed by atoms with E-state index in [0.29, 0.717) is 13.1 Å². The molecule has 2 heterocycles. The summed E-state index contributed by atoms with van der Waals surface area (Å²) in [6.07, 6.45) is 10.4. The number of aliphatic hydroxyl groups is 2. The van der Waals surface area contributed by atoms with Crippen molar-refractivity contribution in [3.8, 4) is 0 Å². The summed E-state index contributed by atoms with van der Waals surface area (Å²) < 4.78 is 3.64. The van der Waals surface area contributed by atoms with E-state index in [1.807, 2.05) is 21.5 Å². The summed E-state index contributed by atoms with van der Waals surface area (Å²) in [4.78, 5) is 7.59. The van der Waals surface area contributed by atoms with Crippen LogP contribution in [0.15, 0.2) is 37.4 Å². The highest BCUT2D eigenvalue weighted by molar-refractivity contribution is 4.73. The molecule has 0 atom stereocenters. The maximum atomic E-state index is 8.39. The van der Waals surface area contributed by atoms with Gasteiger partial charge in [-0.25, -0.2) is 9.97 Å². The first-order valence-electron chi connectivity index (χ1n) is 5.00. The van der Waals surface area contributed by atoms with Crippen molar-refractivity contribution in [2.45, 2.75) is 13.1 Å².